The van der Waals surface area contributed by atoms with E-state index in [1.54, 1.807) is 31.2 Å². The molecule has 0 aliphatic rings. The topological polar surface area (TPSA) is 67.4 Å². The number of hydrogen-bond donors (Lipinski definition) is 2. The Labute approximate surface area is 170 Å². The lowest BCUT2D eigenvalue weighted by Gasteiger charge is -2.16. The van der Waals surface area contributed by atoms with Crippen molar-refractivity contribution in [2.75, 3.05) is 10.6 Å². The van der Waals surface area contributed by atoms with Crippen molar-refractivity contribution < 1.29 is 14.3 Å². The van der Waals surface area contributed by atoms with Gasteiger partial charge in [-0.05, 0) is 68.3 Å². The number of aryl methyl sites for hydroxylation is 2. The van der Waals surface area contributed by atoms with Gasteiger partial charge in [-0.3, -0.25) is 9.59 Å². The van der Waals surface area contributed by atoms with E-state index in [9.17, 15) is 9.59 Å². The molecule has 1 atom stereocenters. The molecule has 5 nitrogen and oxygen atoms in total. The van der Waals surface area contributed by atoms with E-state index in [1.165, 1.54) is 0 Å². The summed E-state index contributed by atoms with van der Waals surface area (Å²) in [6.07, 6.45) is -0.680. The summed E-state index contributed by atoms with van der Waals surface area (Å²) in [5, 5.41) is 5.67. The monoisotopic (exact) mass is 388 g/mol. The van der Waals surface area contributed by atoms with Crippen LogP contribution in [0.25, 0.3) is 0 Å². The quantitative estimate of drug-likeness (QED) is 0.627. The fourth-order valence-corrected chi connectivity index (χ4v) is 2.84. The number of carbonyl (C=O) groups excluding carboxylic acids is 2. The van der Waals surface area contributed by atoms with Crippen LogP contribution in [-0.4, -0.2) is 17.9 Å². The zero-order valence-electron chi connectivity index (χ0n) is 16.7. The highest BCUT2D eigenvalue weighted by molar-refractivity contribution is 6.05. The molecule has 0 saturated heterocycles. The van der Waals surface area contributed by atoms with Crippen LogP contribution in [0.3, 0.4) is 0 Å². The van der Waals surface area contributed by atoms with Gasteiger partial charge in [0.1, 0.15) is 5.75 Å². The fraction of sp³-hybridized carbons (Fsp3) is 0.167. The summed E-state index contributed by atoms with van der Waals surface area (Å²) in [5.74, 6) is 0.141. The van der Waals surface area contributed by atoms with Crippen LogP contribution in [0.5, 0.6) is 5.75 Å². The number of hydrogen-bond acceptors (Lipinski definition) is 3. The molecule has 1 unspecified atom stereocenters. The molecule has 29 heavy (non-hydrogen) atoms. The molecular weight excluding hydrogens is 364 g/mol. The summed E-state index contributed by atoms with van der Waals surface area (Å²) >= 11 is 0. The third-order valence-corrected chi connectivity index (χ3v) is 4.43. The largest absolute Gasteiger partial charge is 0.481 e. The number of benzene rings is 3. The number of para-hydroxylation sites is 1. The van der Waals surface area contributed by atoms with Gasteiger partial charge in [-0.25, -0.2) is 0 Å². The Morgan fingerprint density at radius 2 is 1.52 bits per heavy atom. The summed E-state index contributed by atoms with van der Waals surface area (Å²) in [6.45, 7) is 5.58. The number of amides is 2. The van der Waals surface area contributed by atoms with Gasteiger partial charge >= 0.3 is 0 Å². The van der Waals surface area contributed by atoms with E-state index in [0.717, 1.165) is 16.8 Å². The number of ether oxygens (including phenoxy) is 1. The SMILES string of the molecule is Cc1cccc(NC(=O)c2cccc(NC(=O)C(C)Oc3ccccc3C)c2)c1. The van der Waals surface area contributed by atoms with Crippen LogP contribution in [0.4, 0.5) is 11.4 Å². The first kappa shape index (κ1) is 20.1. The van der Waals surface area contributed by atoms with Crippen LogP contribution in [0.15, 0.2) is 72.8 Å². The van der Waals surface area contributed by atoms with Crippen molar-refractivity contribution in [3.05, 3.63) is 89.5 Å². The minimum atomic E-state index is -0.680. The average molecular weight is 388 g/mol. The van der Waals surface area contributed by atoms with E-state index in [1.807, 2.05) is 62.4 Å². The Morgan fingerprint density at radius 1 is 0.828 bits per heavy atom. The molecule has 148 valence electrons. The normalized spacial score (nSPS) is 11.4. The van der Waals surface area contributed by atoms with Crippen LogP contribution >= 0.6 is 0 Å². The molecule has 0 aliphatic carbocycles. The molecule has 0 aromatic heterocycles. The molecule has 0 aliphatic heterocycles. The minimum Gasteiger partial charge on any atom is -0.481 e. The second kappa shape index (κ2) is 9.06. The van der Waals surface area contributed by atoms with Crippen LogP contribution in [0.1, 0.15) is 28.4 Å². The van der Waals surface area contributed by atoms with Crippen molar-refractivity contribution in [3.63, 3.8) is 0 Å². The Balaban J connectivity index is 1.65. The molecule has 5 heteroatoms. The molecule has 0 spiro atoms. The van der Waals surface area contributed by atoms with Crippen LogP contribution in [0, 0.1) is 13.8 Å². The van der Waals surface area contributed by atoms with Crippen molar-refractivity contribution >= 4 is 23.2 Å². The van der Waals surface area contributed by atoms with E-state index < -0.39 is 6.10 Å². The lowest BCUT2D eigenvalue weighted by Crippen LogP contribution is -2.30. The maximum atomic E-state index is 12.5. The standard InChI is InChI=1S/C24H24N2O3/c1-16-8-6-11-20(14-16)26-24(28)19-10-7-12-21(15-19)25-23(27)18(3)29-22-13-5-4-9-17(22)2/h4-15,18H,1-3H3,(H,25,27)(H,26,28). The first-order valence-corrected chi connectivity index (χ1v) is 9.43. The number of rotatable bonds is 6. The summed E-state index contributed by atoms with van der Waals surface area (Å²) < 4.78 is 5.76. The van der Waals surface area contributed by atoms with Crippen molar-refractivity contribution in [2.45, 2.75) is 26.9 Å². The van der Waals surface area contributed by atoms with Crippen molar-refractivity contribution in [3.8, 4) is 5.75 Å². The zero-order valence-corrected chi connectivity index (χ0v) is 16.7. The van der Waals surface area contributed by atoms with Gasteiger partial charge in [-0.2, -0.15) is 0 Å². The summed E-state index contributed by atoms with van der Waals surface area (Å²) in [6, 6.07) is 21.9. The van der Waals surface area contributed by atoms with Gasteiger partial charge in [-0.15, -0.1) is 0 Å². The van der Waals surface area contributed by atoms with Gasteiger partial charge in [-0.1, -0.05) is 36.4 Å². The molecule has 2 N–H and O–H groups in total. The zero-order chi connectivity index (χ0) is 20.8. The van der Waals surface area contributed by atoms with Gasteiger partial charge in [0.25, 0.3) is 11.8 Å². The lowest BCUT2D eigenvalue weighted by atomic mass is 10.1. The molecule has 2 amide bonds. The van der Waals surface area contributed by atoms with Gasteiger partial charge < -0.3 is 15.4 Å². The fourth-order valence-electron chi connectivity index (χ4n) is 2.84. The van der Waals surface area contributed by atoms with E-state index in [0.29, 0.717) is 17.0 Å². The number of carbonyl (C=O) groups is 2. The highest BCUT2D eigenvalue weighted by Gasteiger charge is 2.16. The summed E-state index contributed by atoms with van der Waals surface area (Å²) in [7, 11) is 0. The highest BCUT2D eigenvalue weighted by atomic mass is 16.5. The van der Waals surface area contributed by atoms with E-state index >= 15 is 0 Å². The Kier molecular flexibility index (Phi) is 6.29. The maximum absolute atomic E-state index is 12.5. The molecule has 0 radical (unpaired) electrons. The first-order chi connectivity index (χ1) is 13.9. The van der Waals surface area contributed by atoms with Gasteiger partial charge in [0.05, 0.1) is 0 Å². The Morgan fingerprint density at radius 3 is 2.24 bits per heavy atom. The first-order valence-electron chi connectivity index (χ1n) is 9.43. The summed E-state index contributed by atoms with van der Waals surface area (Å²) in [5.41, 5.74) is 3.74. The molecule has 0 saturated carbocycles. The van der Waals surface area contributed by atoms with E-state index in [2.05, 4.69) is 10.6 Å². The molecule has 3 aromatic carbocycles. The third kappa shape index (κ3) is 5.45. The second-order valence-corrected chi connectivity index (χ2v) is 6.92. The minimum absolute atomic E-state index is 0.240. The number of nitrogens with one attached hydrogen (secondary N) is 2. The van der Waals surface area contributed by atoms with E-state index in [4.69, 9.17) is 4.74 Å². The van der Waals surface area contributed by atoms with Gasteiger partial charge in [0.2, 0.25) is 0 Å². The third-order valence-electron chi connectivity index (χ3n) is 4.43. The molecule has 0 fully saturated rings. The smallest absolute Gasteiger partial charge is 0.265 e. The predicted octanol–water partition coefficient (Wildman–Crippen LogP) is 4.96. The van der Waals surface area contributed by atoms with Gasteiger partial charge in [0, 0.05) is 16.9 Å². The van der Waals surface area contributed by atoms with Crippen molar-refractivity contribution in [1.82, 2.24) is 0 Å². The van der Waals surface area contributed by atoms with Crippen LogP contribution < -0.4 is 15.4 Å². The number of anilines is 2. The second-order valence-electron chi connectivity index (χ2n) is 6.92. The molecular formula is C24H24N2O3. The molecule has 0 heterocycles. The van der Waals surface area contributed by atoms with Crippen LogP contribution in [-0.2, 0) is 4.79 Å². The Hall–Kier alpha value is -3.60. The van der Waals surface area contributed by atoms with Gasteiger partial charge in [0.15, 0.2) is 6.10 Å². The Bertz CT molecular complexity index is 1030. The van der Waals surface area contributed by atoms with Crippen LogP contribution in [0.2, 0.25) is 0 Å². The van der Waals surface area contributed by atoms with Crippen molar-refractivity contribution in [2.24, 2.45) is 0 Å². The molecule has 3 aromatic rings. The van der Waals surface area contributed by atoms with Crippen molar-refractivity contribution in [1.29, 1.82) is 0 Å². The maximum Gasteiger partial charge on any atom is 0.265 e. The molecule has 3 rings (SSSR count). The predicted molar refractivity (Wildman–Crippen MR) is 115 cm³/mol. The lowest BCUT2D eigenvalue weighted by molar-refractivity contribution is -0.122. The molecule has 0 bridgehead atoms. The average Bonchev–Trinajstić information content (AvgIpc) is 2.70. The summed E-state index contributed by atoms with van der Waals surface area (Å²) in [4.78, 5) is 25.0. The highest BCUT2D eigenvalue weighted by Crippen LogP contribution is 2.19. The van der Waals surface area contributed by atoms with E-state index in [-0.39, 0.29) is 11.8 Å².